The Morgan fingerprint density at radius 3 is 2.62 bits per heavy atom. The average molecular weight is 361 g/mol. The van der Waals surface area contributed by atoms with Crippen LogP contribution < -0.4 is 10.6 Å². The minimum Gasteiger partial charge on any atom is -0.363 e. The lowest BCUT2D eigenvalue weighted by Crippen LogP contribution is -2.18. The number of para-hydroxylation sites is 1. The molecule has 0 bridgehead atoms. The van der Waals surface area contributed by atoms with E-state index in [1.807, 2.05) is 36.4 Å². The number of carbonyl (C=O) groups excluding carboxylic acids is 1. The molecule has 4 rings (SSSR count). The van der Waals surface area contributed by atoms with Gasteiger partial charge in [-0.15, -0.1) is 11.3 Å². The van der Waals surface area contributed by atoms with E-state index in [1.54, 1.807) is 18.4 Å². The van der Waals surface area contributed by atoms with Crippen molar-refractivity contribution in [1.29, 1.82) is 0 Å². The van der Waals surface area contributed by atoms with Gasteiger partial charge in [0.15, 0.2) is 0 Å². The Bertz CT molecular complexity index is 1090. The summed E-state index contributed by atoms with van der Waals surface area (Å²) in [4.78, 5) is 17.1. The van der Waals surface area contributed by atoms with Crippen molar-refractivity contribution >= 4 is 44.1 Å². The molecule has 26 heavy (non-hydrogen) atoms. The van der Waals surface area contributed by atoms with Crippen LogP contribution in [0, 0.1) is 0 Å². The van der Waals surface area contributed by atoms with E-state index in [-0.39, 0.29) is 11.9 Å². The van der Waals surface area contributed by atoms with E-state index in [0.717, 1.165) is 26.8 Å². The zero-order valence-electron chi connectivity index (χ0n) is 14.6. The molecule has 0 aliphatic carbocycles. The van der Waals surface area contributed by atoms with E-state index >= 15 is 0 Å². The molecule has 5 heteroatoms. The van der Waals surface area contributed by atoms with Crippen LogP contribution in [0.1, 0.15) is 28.9 Å². The fourth-order valence-electron chi connectivity index (χ4n) is 3.18. The normalized spacial score (nSPS) is 12.2. The third kappa shape index (κ3) is 2.80. The van der Waals surface area contributed by atoms with Crippen molar-refractivity contribution in [2.75, 3.05) is 12.4 Å². The van der Waals surface area contributed by atoms with Gasteiger partial charge in [0.2, 0.25) is 0 Å². The topological polar surface area (TPSA) is 54.0 Å². The monoisotopic (exact) mass is 361 g/mol. The first-order chi connectivity index (χ1) is 12.7. The van der Waals surface area contributed by atoms with E-state index in [2.05, 4.69) is 41.1 Å². The molecule has 2 aromatic carbocycles. The molecule has 4 aromatic rings. The zero-order chi connectivity index (χ0) is 18.1. The summed E-state index contributed by atoms with van der Waals surface area (Å²) in [7, 11) is 1.64. The third-order valence-corrected chi connectivity index (χ3v) is 5.50. The van der Waals surface area contributed by atoms with Crippen LogP contribution in [0.15, 0.2) is 60.0 Å². The van der Waals surface area contributed by atoms with Gasteiger partial charge in [-0.1, -0.05) is 42.5 Å². The number of benzene rings is 2. The van der Waals surface area contributed by atoms with Crippen molar-refractivity contribution in [3.8, 4) is 0 Å². The highest BCUT2D eigenvalue weighted by atomic mass is 32.1. The number of pyridine rings is 1. The van der Waals surface area contributed by atoms with Crippen LogP contribution in [0.25, 0.3) is 21.0 Å². The van der Waals surface area contributed by atoms with Gasteiger partial charge in [-0.3, -0.25) is 4.79 Å². The summed E-state index contributed by atoms with van der Waals surface area (Å²) >= 11 is 1.67. The molecule has 0 aliphatic rings. The molecule has 2 heterocycles. The number of rotatable bonds is 4. The van der Waals surface area contributed by atoms with Gasteiger partial charge in [-0.05, 0) is 30.0 Å². The van der Waals surface area contributed by atoms with E-state index < -0.39 is 0 Å². The number of nitrogens with one attached hydrogen (secondary N) is 2. The quantitative estimate of drug-likeness (QED) is 0.539. The number of nitrogens with zero attached hydrogens (tertiary/aromatic N) is 1. The number of aromatic nitrogens is 1. The fraction of sp³-hybridized carbons (Fsp3) is 0.143. The third-order valence-electron chi connectivity index (χ3n) is 4.55. The number of amides is 1. The second kappa shape index (κ2) is 6.77. The lowest BCUT2D eigenvalue weighted by Gasteiger charge is -2.17. The van der Waals surface area contributed by atoms with Crippen molar-refractivity contribution in [3.05, 3.63) is 71.1 Å². The predicted molar refractivity (Wildman–Crippen MR) is 109 cm³/mol. The van der Waals surface area contributed by atoms with Crippen LogP contribution in [0.3, 0.4) is 0 Å². The number of hydrogen-bond acceptors (Lipinski definition) is 4. The second-order valence-corrected chi connectivity index (χ2v) is 7.10. The maximum atomic E-state index is 12.3. The Balaban J connectivity index is 1.88. The van der Waals surface area contributed by atoms with Crippen LogP contribution in [-0.4, -0.2) is 17.9 Å². The molecule has 2 N–H and O–H groups in total. The maximum absolute atomic E-state index is 12.3. The molecule has 1 atom stereocenters. The van der Waals surface area contributed by atoms with Crippen LogP contribution in [0.5, 0.6) is 0 Å². The smallest absolute Gasteiger partial charge is 0.253 e. The molecule has 0 aliphatic heterocycles. The molecule has 130 valence electrons. The van der Waals surface area contributed by atoms with Crippen LogP contribution in [-0.2, 0) is 0 Å². The summed E-state index contributed by atoms with van der Waals surface area (Å²) in [5, 5.41) is 10.4. The fourth-order valence-corrected chi connectivity index (χ4v) is 4.11. The van der Waals surface area contributed by atoms with Crippen molar-refractivity contribution in [3.63, 3.8) is 0 Å². The lowest BCUT2D eigenvalue weighted by molar-refractivity contribution is 0.0964. The van der Waals surface area contributed by atoms with Crippen molar-refractivity contribution in [1.82, 2.24) is 10.3 Å². The highest BCUT2D eigenvalue weighted by Crippen LogP contribution is 2.35. The molecular formula is C21H19N3OS. The Morgan fingerprint density at radius 1 is 1.04 bits per heavy atom. The van der Waals surface area contributed by atoms with E-state index in [0.29, 0.717) is 5.56 Å². The van der Waals surface area contributed by atoms with Gasteiger partial charge in [-0.25, -0.2) is 4.98 Å². The Hall–Kier alpha value is -2.92. The summed E-state index contributed by atoms with van der Waals surface area (Å²) in [6, 6.07) is 18.2. The molecule has 0 saturated heterocycles. The van der Waals surface area contributed by atoms with Crippen molar-refractivity contribution < 1.29 is 4.79 Å². The van der Waals surface area contributed by atoms with E-state index in [9.17, 15) is 4.79 Å². The molecule has 0 fully saturated rings. The van der Waals surface area contributed by atoms with Crippen molar-refractivity contribution in [2.45, 2.75) is 13.0 Å². The Kier molecular flexibility index (Phi) is 4.31. The Morgan fingerprint density at radius 2 is 1.85 bits per heavy atom. The van der Waals surface area contributed by atoms with Crippen molar-refractivity contribution in [2.24, 2.45) is 0 Å². The van der Waals surface area contributed by atoms with Gasteiger partial charge < -0.3 is 10.6 Å². The molecule has 0 spiro atoms. The number of fused-ring (bicyclic) bond motifs is 3. The van der Waals surface area contributed by atoms with E-state index in [1.165, 1.54) is 5.56 Å². The molecule has 2 aromatic heterocycles. The number of thiophene rings is 1. The number of hydrogen-bond donors (Lipinski definition) is 2. The molecule has 1 amide bonds. The zero-order valence-corrected chi connectivity index (χ0v) is 15.4. The SMILES string of the molecule is CNC(=O)c1cccc2c1nc(NC(C)c1ccccc1)c1ccsc12. The summed E-state index contributed by atoms with van der Waals surface area (Å²) in [5.74, 6) is 0.683. The molecule has 0 radical (unpaired) electrons. The van der Waals surface area contributed by atoms with Crippen LogP contribution >= 0.6 is 11.3 Å². The van der Waals surface area contributed by atoms with Gasteiger partial charge in [0.05, 0.1) is 11.1 Å². The standard InChI is InChI=1S/C21H19N3OS/c1-13(14-7-4-3-5-8-14)23-20-17-11-12-26-19(17)15-9-6-10-16(18(15)24-20)21(25)22-2/h3-13H,1-2H3,(H,22,25)(H,23,24). The summed E-state index contributed by atoms with van der Waals surface area (Å²) in [6.45, 7) is 2.12. The molecule has 0 saturated carbocycles. The van der Waals surface area contributed by atoms with Gasteiger partial charge in [0.25, 0.3) is 5.91 Å². The Labute approximate surface area is 155 Å². The highest BCUT2D eigenvalue weighted by molar-refractivity contribution is 7.18. The minimum atomic E-state index is -0.124. The summed E-state index contributed by atoms with van der Waals surface area (Å²) in [5.41, 5.74) is 2.51. The molecular weight excluding hydrogens is 342 g/mol. The maximum Gasteiger partial charge on any atom is 0.253 e. The minimum absolute atomic E-state index is 0.108. The van der Waals surface area contributed by atoms with Gasteiger partial charge in [0, 0.05) is 28.6 Å². The number of carbonyl (C=O) groups is 1. The first-order valence-electron chi connectivity index (χ1n) is 8.52. The predicted octanol–water partition coefficient (Wildman–Crippen LogP) is 4.98. The van der Waals surface area contributed by atoms with Gasteiger partial charge >= 0.3 is 0 Å². The first-order valence-corrected chi connectivity index (χ1v) is 9.40. The van der Waals surface area contributed by atoms with E-state index in [4.69, 9.17) is 4.98 Å². The molecule has 1 unspecified atom stereocenters. The average Bonchev–Trinajstić information content (AvgIpc) is 3.18. The summed E-state index contributed by atoms with van der Waals surface area (Å²) < 4.78 is 1.14. The van der Waals surface area contributed by atoms with Gasteiger partial charge in [-0.2, -0.15) is 0 Å². The van der Waals surface area contributed by atoms with Crippen LogP contribution in [0.2, 0.25) is 0 Å². The largest absolute Gasteiger partial charge is 0.363 e. The lowest BCUT2D eigenvalue weighted by atomic mass is 10.1. The number of anilines is 1. The van der Waals surface area contributed by atoms with Gasteiger partial charge in [0.1, 0.15) is 5.82 Å². The second-order valence-electron chi connectivity index (χ2n) is 6.18. The molecule has 4 nitrogen and oxygen atoms in total. The highest BCUT2D eigenvalue weighted by Gasteiger charge is 2.16. The van der Waals surface area contributed by atoms with Crippen LogP contribution in [0.4, 0.5) is 5.82 Å². The summed E-state index contributed by atoms with van der Waals surface area (Å²) in [6.07, 6.45) is 0. The first kappa shape index (κ1) is 16.5.